The summed E-state index contributed by atoms with van der Waals surface area (Å²) in [6, 6.07) is 2.39. The lowest BCUT2D eigenvalue weighted by atomic mass is 9.96. The van der Waals surface area contributed by atoms with E-state index < -0.39 is 0 Å². The van der Waals surface area contributed by atoms with Crippen LogP contribution >= 0.6 is 11.3 Å². The van der Waals surface area contributed by atoms with Gasteiger partial charge in [0, 0.05) is 12.6 Å². The lowest BCUT2D eigenvalue weighted by Crippen LogP contribution is -2.23. The van der Waals surface area contributed by atoms with Gasteiger partial charge < -0.3 is 16.4 Å². The van der Waals surface area contributed by atoms with Crippen molar-refractivity contribution in [2.75, 3.05) is 17.6 Å². The van der Waals surface area contributed by atoms with Crippen LogP contribution in [0, 0.1) is 0 Å². The lowest BCUT2D eigenvalue weighted by Gasteiger charge is -2.22. The summed E-state index contributed by atoms with van der Waals surface area (Å²) in [4.78, 5) is 12.5. The van der Waals surface area contributed by atoms with Crippen molar-refractivity contribution in [2.45, 2.75) is 38.1 Å². The molecule has 1 saturated carbocycles. The number of anilines is 2. The molecular formula is C14H21N3OS. The highest BCUT2D eigenvalue weighted by Crippen LogP contribution is 2.31. The largest absolute Gasteiger partial charge is 0.397 e. The molecular weight excluding hydrogens is 258 g/mol. The topological polar surface area (TPSA) is 67.2 Å². The molecule has 1 aliphatic rings. The molecule has 1 aromatic rings. The van der Waals surface area contributed by atoms with E-state index in [0.29, 0.717) is 23.2 Å². The van der Waals surface area contributed by atoms with Gasteiger partial charge in [-0.25, -0.2) is 0 Å². The maximum Gasteiger partial charge on any atom is 0.263 e. The second-order valence-corrected chi connectivity index (χ2v) is 5.93. The molecule has 104 valence electrons. The third kappa shape index (κ3) is 3.73. The van der Waals surface area contributed by atoms with Crippen molar-refractivity contribution >= 4 is 27.9 Å². The minimum atomic E-state index is -0.126. The number of amides is 1. The zero-order valence-electron chi connectivity index (χ0n) is 11.1. The number of rotatable bonds is 5. The maximum absolute atomic E-state index is 11.9. The van der Waals surface area contributed by atoms with Crippen molar-refractivity contribution in [3.63, 3.8) is 0 Å². The number of nitrogens with two attached hydrogens (primary N) is 1. The normalized spacial score (nSPS) is 16.0. The summed E-state index contributed by atoms with van der Waals surface area (Å²) in [5.74, 6) is -0.126. The Morgan fingerprint density at radius 1 is 1.47 bits per heavy atom. The van der Waals surface area contributed by atoms with Crippen molar-refractivity contribution in [2.24, 2.45) is 0 Å². The van der Waals surface area contributed by atoms with Gasteiger partial charge in [-0.3, -0.25) is 4.79 Å². The Kier molecular flexibility index (Phi) is 4.85. The molecule has 0 aliphatic heterocycles. The number of hydrogen-bond donors (Lipinski definition) is 3. The summed E-state index contributed by atoms with van der Waals surface area (Å²) in [6.07, 6.45) is 7.96. The van der Waals surface area contributed by atoms with Crippen molar-refractivity contribution in [3.8, 4) is 0 Å². The molecule has 0 atom stereocenters. The molecule has 1 amide bonds. The van der Waals surface area contributed by atoms with Crippen LogP contribution in [-0.4, -0.2) is 18.5 Å². The highest BCUT2D eigenvalue weighted by Gasteiger charge is 2.17. The van der Waals surface area contributed by atoms with E-state index >= 15 is 0 Å². The number of nitrogen functional groups attached to an aromatic ring is 1. The van der Waals surface area contributed by atoms with Gasteiger partial charge in [0.25, 0.3) is 5.91 Å². The molecule has 0 bridgehead atoms. The summed E-state index contributed by atoms with van der Waals surface area (Å²) >= 11 is 1.43. The van der Waals surface area contributed by atoms with Crippen LogP contribution in [-0.2, 0) is 0 Å². The average Bonchev–Trinajstić information content (AvgIpc) is 2.78. The van der Waals surface area contributed by atoms with E-state index in [0.717, 1.165) is 5.00 Å². The van der Waals surface area contributed by atoms with Gasteiger partial charge in [0.1, 0.15) is 4.88 Å². The highest BCUT2D eigenvalue weighted by atomic mass is 32.1. The molecule has 4 nitrogen and oxygen atoms in total. The lowest BCUT2D eigenvalue weighted by molar-refractivity contribution is 0.0963. The van der Waals surface area contributed by atoms with E-state index in [1.54, 1.807) is 6.08 Å². The first-order valence-electron chi connectivity index (χ1n) is 6.75. The molecule has 4 N–H and O–H groups in total. The van der Waals surface area contributed by atoms with Gasteiger partial charge in [0.2, 0.25) is 0 Å². The van der Waals surface area contributed by atoms with Gasteiger partial charge >= 0.3 is 0 Å². The predicted molar refractivity (Wildman–Crippen MR) is 81.8 cm³/mol. The smallest absolute Gasteiger partial charge is 0.263 e. The van der Waals surface area contributed by atoms with Gasteiger partial charge in [0.15, 0.2) is 0 Å². The van der Waals surface area contributed by atoms with Gasteiger partial charge in [0.05, 0.1) is 10.7 Å². The summed E-state index contributed by atoms with van der Waals surface area (Å²) in [5.41, 5.74) is 6.45. The quantitative estimate of drug-likeness (QED) is 0.726. The van der Waals surface area contributed by atoms with E-state index in [1.165, 1.54) is 43.4 Å². The Morgan fingerprint density at radius 2 is 2.21 bits per heavy atom. The number of thiophene rings is 1. The van der Waals surface area contributed by atoms with Gasteiger partial charge in [-0.15, -0.1) is 17.9 Å². The molecule has 2 rings (SSSR count). The standard InChI is InChI=1S/C14H21N3OS/c1-2-8-16-14(18)13-11(15)9-12(19-13)17-10-6-4-3-5-7-10/h2,9-10,17H,1,3-8,15H2,(H,16,18). The highest BCUT2D eigenvalue weighted by molar-refractivity contribution is 7.18. The van der Waals surface area contributed by atoms with Crippen LogP contribution in [0.3, 0.4) is 0 Å². The monoisotopic (exact) mass is 279 g/mol. The Labute approximate surface area is 118 Å². The van der Waals surface area contributed by atoms with Gasteiger partial charge in [-0.05, 0) is 18.9 Å². The molecule has 1 aromatic heterocycles. The van der Waals surface area contributed by atoms with Crippen LogP contribution in [0.1, 0.15) is 41.8 Å². The zero-order valence-corrected chi connectivity index (χ0v) is 11.9. The summed E-state index contributed by atoms with van der Waals surface area (Å²) in [5, 5.41) is 7.24. The molecule has 0 spiro atoms. The molecule has 1 fully saturated rings. The van der Waals surface area contributed by atoms with E-state index in [1.807, 2.05) is 6.07 Å². The van der Waals surface area contributed by atoms with E-state index in [-0.39, 0.29) is 5.91 Å². The number of hydrogen-bond acceptors (Lipinski definition) is 4. The fourth-order valence-electron chi connectivity index (χ4n) is 2.35. The van der Waals surface area contributed by atoms with Crippen molar-refractivity contribution in [1.82, 2.24) is 5.32 Å². The molecule has 5 heteroatoms. The molecule has 0 unspecified atom stereocenters. The molecule has 0 saturated heterocycles. The molecule has 0 radical (unpaired) electrons. The first-order chi connectivity index (χ1) is 9.20. The van der Waals surface area contributed by atoms with Gasteiger partial charge in [-0.1, -0.05) is 25.3 Å². The van der Waals surface area contributed by atoms with Gasteiger partial charge in [-0.2, -0.15) is 0 Å². The fraction of sp³-hybridized carbons (Fsp3) is 0.500. The van der Waals surface area contributed by atoms with E-state index in [4.69, 9.17) is 5.73 Å². The predicted octanol–water partition coefficient (Wildman–Crippen LogP) is 2.99. The Morgan fingerprint density at radius 3 is 2.89 bits per heavy atom. The van der Waals surface area contributed by atoms with Crippen molar-refractivity contribution < 1.29 is 4.79 Å². The van der Waals surface area contributed by atoms with E-state index in [9.17, 15) is 4.79 Å². The molecule has 19 heavy (non-hydrogen) atoms. The van der Waals surface area contributed by atoms with Crippen molar-refractivity contribution in [3.05, 3.63) is 23.6 Å². The minimum absolute atomic E-state index is 0.126. The van der Waals surface area contributed by atoms with Crippen LogP contribution < -0.4 is 16.4 Å². The maximum atomic E-state index is 11.9. The number of carbonyl (C=O) groups is 1. The minimum Gasteiger partial charge on any atom is -0.397 e. The van der Waals surface area contributed by atoms with Crippen LogP contribution in [0.15, 0.2) is 18.7 Å². The summed E-state index contributed by atoms with van der Waals surface area (Å²) in [7, 11) is 0. The van der Waals surface area contributed by atoms with Crippen LogP contribution in [0.25, 0.3) is 0 Å². The van der Waals surface area contributed by atoms with Crippen LogP contribution in [0.2, 0.25) is 0 Å². The third-order valence-corrected chi connectivity index (χ3v) is 4.41. The van der Waals surface area contributed by atoms with Crippen molar-refractivity contribution in [1.29, 1.82) is 0 Å². The SMILES string of the molecule is C=CCNC(=O)c1sc(NC2CCCCC2)cc1N. The first-order valence-corrected chi connectivity index (χ1v) is 7.57. The Balaban J connectivity index is 1.99. The average molecular weight is 279 g/mol. The Bertz CT molecular complexity index is 450. The number of carbonyl (C=O) groups excluding carboxylic acids is 1. The van der Waals surface area contributed by atoms with E-state index in [2.05, 4.69) is 17.2 Å². The zero-order chi connectivity index (χ0) is 13.7. The molecule has 0 aromatic carbocycles. The summed E-state index contributed by atoms with van der Waals surface area (Å²) < 4.78 is 0. The van der Waals surface area contributed by atoms with Crippen LogP contribution in [0.4, 0.5) is 10.7 Å². The fourth-order valence-corrected chi connectivity index (χ4v) is 3.32. The van der Waals surface area contributed by atoms with Crippen LogP contribution in [0.5, 0.6) is 0 Å². The molecule has 1 aliphatic carbocycles. The Hall–Kier alpha value is -1.49. The second kappa shape index (κ2) is 6.61. The third-order valence-electron chi connectivity index (χ3n) is 3.33. The molecule has 1 heterocycles. The number of nitrogens with one attached hydrogen (secondary N) is 2. The first kappa shape index (κ1) is 13.9. The second-order valence-electron chi connectivity index (χ2n) is 4.87. The summed E-state index contributed by atoms with van der Waals surface area (Å²) in [6.45, 7) is 4.04.